The molecule has 1 aromatic rings. The first-order chi connectivity index (χ1) is 8.91. The zero-order chi connectivity index (χ0) is 14.0. The van der Waals surface area contributed by atoms with Crippen LogP contribution in [0.1, 0.15) is 24.3 Å². The van der Waals surface area contributed by atoms with Gasteiger partial charge in [-0.25, -0.2) is 9.37 Å². The molecule has 4 nitrogen and oxygen atoms in total. The second-order valence-corrected chi connectivity index (χ2v) is 5.85. The van der Waals surface area contributed by atoms with Crippen LogP contribution in [0.2, 0.25) is 0 Å². The van der Waals surface area contributed by atoms with Crippen molar-refractivity contribution in [1.29, 1.82) is 0 Å². The van der Waals surface area contributed by atoms with E-state index in [0.717, 1.165) is 6.20 Å². The average molecular weight is 331 g/mol. The molecule has 0 spiro atoms. The Labute approximate surface area is 120 Å². The SMILES string of the molecule is CC1(C)CN(C(=O)c2ccc(F)cn2)CC(CBr)O1. The van der Waals surface area contributed by atoms with E-state index in [1.807, 2.05) is 13.8 Å². The number of morpholine rings is 1. The lowest BCUT2D eigenvalue weighted by Gasteiger charge is -2.42. The third kappa shape index (κ3) is 3.51. The van der Waals surface area contributed by atoms with Crippen molar-refractivity contribution in [1.82, 2.24) is 9.88 Å². The summed E-state index contributed by atoms with van der Waals surface area (Å²) in [6.07, 6.45) is 1.01. The van der Waals surface area contributed by atoms with Crippen molar-refractivity contribution >= 4 is 21.8 Å². The van der Waals surface area contributed by atoms with Gasteiger partial charge in [-0.2, -0.15) is 0 Å². The third-order valence-corrected chi connectivity index (χ3v) is 3.61. The second-order valence-electron chi connectivity index (χ2n) is 5.20. The Morgan fingerprint density at radius 1 is 1.63 bits per heavy atom. The molecule has 1 atom stereocenters. The van der Waals surface area contributed by atoms with Gasteiger partial charge in [0.1, 0.15) is 11.5 Å². The summed E-state index contributed by atoms with van der Waals surface area (Å²) in [6.45, 7) is 4.89. The van der Waals surface area contributed by atoms with Crippen molar-refractivity contribution in [2.75, 3.05) is 18.4 Å². The molecule has 1 saturated heterocycles. The quantitative estimate of drug-likeness (QED) is 0.781. The van der Waals surface area contributed by atoms with Crippen molar-refractivity contribution in [2.24, 2.45) is 0 Å². The van der Waals surface area contributed by atoms with E-state index in [1.54, 1.807) is 4.90 Å². The first-order valence-electron chi connectivity index (χ1n) is 6.06. The highest BCUT2D eigenvalue weighted by molar-refractivity contribution is 9.09. The molecule has 1 fully saturated rings. The molecule has 2 rings (SSSR count). The van der Waals surface area contributed by atoms with E-state index in [-0.39, 0.29) is 17.7 Å². The summed E-state index contributed by atoms with van der Waals surface area (Å²) in [5.41, 5.74) is -0.140. The Hall–Kier alpha value is -1.01. The fourth-order valence-corrected chi connectivity index (χ4v) is 2.53. The van der Waals surface area contributed by atoms with Crippen molar-refractivity contribution in [3.63, 3.8) is 0 Å². The normalized spacial score (nSPS) is 22.3. The van der Waals surface area contributed by atoms with Crippen molar-refractivity contribution in [2.45, 2.75) is 25.6 Å². The minimum Gasteiger partial charge on any atom is -0.368 e. The molecule has 1 unspecified atom stereocenters. The number of nitrogens with zero attached hydrogens (tertiary/aromatic N) is 2. The molecule has 1 aliphatic rings. The number of hydrogen-bond donors (Lipinski definition) is 0. The minimum atomic E-state index is -0.447. The Bertz CT molecular complexity index is 464. The Morgan fingerprint density at radius 3 is 2.95 bits per heavy atom. The number of rotatable bonds is 2. The van der Waals surface area contributed by atoms with Crippen LogP contribution >= 0.6 is 15.9 Å². The van der Waals surface area contributed by atoms with Crippen LogP contribution in [-0.2, 0) is 4.74 Å². The lowest BCUT2D eigenvalue weighted by Crippen LogP contribution is -2.55. The molecule has 2 heterocycles. The number of halogens is 2. The molecule has 104 valence electrons. The zero-order valence-corrected chi connectivity index (χ0v) is 12.5. The number of alkyl halides is 1. The van der Waals surface area contributed by atoms with Crippen LogP contribution < -0.4 is 0 Å². The van der Waals surface area contributed by atoms with Crippen LogP contribution in [0, 0.1) is 5.82 Å². The summed E-state index contributed by atoms with van der Waals surface area (Å²) in [6, 6.07) is 2.65. The van der Waals surface area contributed by atoms with Crippen molar-refractivity contribution in [3.05, 3.63) is 29.8 Å². The predicted octanol–water partition coefficient (Wildman–Crippen LogP) is 2.24. The van der Waals surface area contributed by atoms with Crippen LogP contribution in [0.3, 0.4) is 0 Å². The van der Waals surface area contributed by atoms with Gasteiger partial charge in [0.05, 0.1) is 17.9 Å². The lowest BCUT2D eigenvalue weighted by atomic mass is 10.1. The van der Waals surface area contributed by atoms with Gasteiger partial charge in [-0.15, -0.1) is 0 Å². The first-order valence-corrected chi connectivity index (χ1v) is 7.18. The van der Waals surface area contributed by atoms with E-state index < -0.39 is 11.4 Å². The van der Waals surface area contributed by atoms with E-state index in [1.165, 1.54) is 12.1 Å². The summed E-state index contributed by atoms with van der Waals surface area (Å²) in [4.78, 5) is 17.9. The van der Waals surface area contributed by atoms with Crippen molar-refractivity contribution < 1.29 is 13.9 Å². The van der Waals surface area contributed by atoms with Gasteiger partial charge in [-0.3, -0.25) is 4.79 Å². The number of carbonyl (C=O) groups excluding carboxylic acids is 1. The smallest absolute Gasteiger partial charge is 0.272 e. The van der Waals surface area contributed by atoms with Gasteiger partial charge in [0, 0.05) is 18.4 Å². The highest BCUT2D eigenvalue weighted by Crippen LogP contribution is 2.23. The van der Waals surface area contributed by atoms with Gasteiger partial charge in [-0.1, -0.05) is 15.9 Å². The molecule has 0 saturated carbocycles. The summed E-state index contributed by atoms with van der Waals surface area (Å²) in [5, 5.41) is 0.664. The number of ether oxygens (including phenoxy) is 1. The maximum Gasteiger partial charge on any atom is 0.272 e. The maximum absolute atomic E-state index is 12.8. The van der Waals surface area contributed by atoms with Crippen LogP contribution in [0.15, 0.2) is 18.3 Å². The molecular formula is C13H16BrFN2O2. The average Bonchev–Trinajstić information content (AvgIpc) is 2.37. The predicted molar refractivity (Wildman–Crippen MR) is 72.8 cm³/mol. The maximum atomic E-state index is 12.8. The van der Waals surface area contributed by atoms with Crippen LogP contribution in [0.5, 0.6) is 0 Å². The van der Waals surface area contributed by atoms with Crippen LogP contribution in [-0.4, -0.2) is 45.9 Å². The molecule has 0 bridgehead atoms. The second kappa shape index (κ2) is 5.54. The lowest BCUT2D eigenvalue weighted by molar-refractivity contribution is -0.116. The van der Waals surface area contributed by atoms with E-state index >= 15 is 0 Å². The van der Waals surface area contributed by atoms with Crippen LogP contribution in [0.4, 0.5) is 4.39 Å². The molecule has 19 heavy (non-hydrogen) atoms. The molecule has 1 amide bonds. The van der Waals surface area contributed by atoms with Gasteiger partial charge in [0.15, 0.2) is 0 Å². The fourth-order valence-electron chi connectivity index (χ4n) is 2.20. The van der Waals surface area contributed by atoms with Crippen molar-refractivity contribution in [3.8, 4) is 0 Å². The Kier molecular flexibility index (Phi) is 4.20. The summed E-state index contributed by atoms with van der Waals surface area (Å²) in [5.74, 6) is -0.639. The van der Waals surface area contributed by atoms with Gasteiger partial charge in [0.25, 0.3) is 5.91 Å². The van der Waals surface area contributed by atoms with E-state index in [4.69, 9.17) is 4.74 Å². The summed E-state index contributed by atoms with van der Waals surface area (Å²) < 4.78 is 18.7. The summed E-state index contributed by atoms with van der Waals surface area (Å²) in [7, 11) is 0. The third-order valence-electron chi connectivity index (χ3n) is 2.89. The van der Waals surface area contributed by atoms with Crippen LogP contribution in [0.25, 0.3) is 0 Å². The summed E-state index contributed by atoms with van der Waals surface area (Å²) >= 11 is 3.38. The van der Waals surface area contributed by atoms with Gasteiger partial charge >= 0.3 is 0 Å². The largest absolute Gasteiger partial charge is 0.368 e. The monoisotopic (exact) mass is 330 g/mol. The zero-order valence-electron chi connectivity index (χ0n) is 10.9. The molecule has 0 N–H and O–H groups in total. The number of aromatic nitrogens is 1. The number of carbonyl (C=O) groups is 1. The van der Waals surface area contributed by atoms with E-state index in [9.17, 15) is 9.18 Å². The van der Waals surface area contributed by atoms with Gasteiger partial charge in [0.2, 0.25) is 0 Å². The Balaban J connectivity index is 2.16. The van der Waals surface area contributed by atoms with E-state index in [2.05, 4.69) is 20.9 Å². The Morgan fingerprint density at radius 2 is 2.37 bits per heavy atom. The molecular weight excluding hydrogens is 315 g/mol. The fraction of sp³-hybridized carbons (Fsp3) is 0.538. The molecule has 1 aliphatic heterocycles. The molecule has 0 aliphatic carbocycles. The standard InChI is InChI=1S/C13H16BrFN2O2/c1-13(2)8-17(7-10(5-14)19-13)12(18)11-4-3-9(15)6-16-11/h3-4,6,10H,5,7-8H2,1-2H3. The molecule has 0 aromatic carbocycles. The number of amides is 1. The number of pyridine rings is 1. The topological polar surface area (TPSA) is 42.4 Å². The van der Waals surface area contributed by atoms with E-state index in [0.29, 0.717) is 18.4 Å². The highest BCUT2D eigenvalue weighted by atomic mass is 79.9. The van der Waals surface area contributed by atoms with Gasteiger partial charge in [-0.05, 0) is 26.0 Å². The highest BCUT2D eigenvalue weighted by Gasteiger charge is 2.35. The number of hydrogen-bond acceptors (Lipinski definition) is 3. The molecule has 0 radical (unpaired) electrons. The first kappa shape index (κ1) is 14.4. The van der Waals surface area contributed by atoms with Gasteiger partial charge < -0.3 is 9.64 Å². The minimum absolute atomic E-state index is 0.0480. The molecule has 1 aromatic heterocycles. The molecule has 6 heteroatoms.